The minimum Gasteiger partial charge on any atom is -0.476 e. The van der Waals surface area contributed by atoms with Gasteiger partial charge in [0.05, 0.1) is 27.7 Å². The van der Waals surface area contributed by atoms with E-state index in [4.69, 9.17) is 14.8 Å². The summed E-state index contributed by atoms with van der Waals surface area (Å²) in [7, 11) is 1.89. The number of rotatable bonds is 9. The molecule has 4 saturated carbocycles. The molecule has 3 atom stereocenters. The number of nitrogens with zero attached hydrogens (tertiary/aromatic N) is 4. The number of carboxylic acids is 1. The number of hydrogen-bond acceptors (Lipinski definition) is 8. The highest BCUT2D eigenvalue weighted by molar-refractivity contribution is 7.22. The number of aliphatic hydroxyl groups excluding tert-OH is 1. The lowest BCUT2D eigenvalue weighted by molar-refractivity contribution is -0.239. The van der Waals surface area contributed by atoms with Crippen molar-refractivity contribution >= 4 is 43.4 Å². The fraction of sp³-hybridized carbons (Fsp3) is 0.381. The van der Waals surface area contributed by atoms with Crippen molar-refractivity contribution in [2.45, 2.75) is 77.7 Å². The number of fused-ring (bicyclic) bond motifs is 2. The predicted octanol–water partition coefficient (Wildman–Crippen LogP) is 9.25. The SMILES string of the molecule is COC12CC3(C)CC(C)(CC(Cn4ncc(-c5ccc(-c6ccc7cccc(C(O)Nc8nc9ccccc9s8)c7c6)nc5C(=O)O)c4C)(C3)C1)C2. The highest BCUT2D eigenvalue weighted by atomic mass is 32.1. The zero-order valence-corrected chi connectivity index (χ0v) is 30.8. The van der Waals surface area contributed by atoms with Crippen molar-refractivity contribution in [2.24, 2.45) is 16.2 Å². The number of aromatic nitrogens is 4. The Morgan fingerprint density at radius 3 is 2.48 bits per heavy atom. The first-order valence-corrected chi connectivity index (χ1v) is 18.8. The first-order chi connectivity index (χ1) is 24.9. The van der Waals surface area contributed by atoms with Gasteiger partial charge in [-0.05, 0) is 103 Å². The van der Waals surface area contributed by atoms with Crippen LogP contribution < -0.4 is 5.32 Å². The van der Waals surface area contributed by atoms with Crippen LogP contribution in [-0.4, -0.2) is 48.6 Å². The van der Waals surface area contributed by atoms with Crippen LogP contribution >= 0.6 is 11.3 Å². The molecular weight excluding hydrogens is 671 g/mol. The summed E-state index contributed by atoms with van der Waals surface area (Å²) >= 11 is 1.49. The van der Waals surface area contributed by atoms with Gasteiger partial charge in [0.25, 0.3) is 0 Å². The third-order valence-electron chi connectivity index (χ3n) is 12.1. The molecule has 10 heteroatoms. The molecule has 3 N–H and O–H groups in total. The van der Waals surface area contributed by atoms with Gasteiger partial charge in [-0.3, -0.25) is 4.68 Å². The van der Waals surface area contributed by atoms with Crippen molar-refractivity contribution in [1.82, 2.24) is 19.7 Å². The van der Waals surface area contributed by atoms with E-state index in [0.717, 1.165) is 76.5 Å². The number of ether oxygens (including phenoxy) is 1. The number of nitrogens with one attached hydrogen (secondary N) is 1. The lowest BCUT2D eigenvalue weighted by atomic mass is 9.39. The van der Waals surface area contributed by atoms with E-state index in [9.17, 15) is 15.0 Å². The normalized spacial score (nSPS) is 27.0. The van der Waals surface area contributed by atoms with Gasteiger partial charge in [-0.2, -0.15) is 5.10 Å². The second-order valence-corrected chi connectivity index (χ2v) is 17.6. The number of pyridine rings is 1. The highest BCUT2D eigenvalue weighted by Gasteiger charge is 2.66. The maximum Gasteiger partial charge on any atom is 0.355 e. The Bertz CT molecular complexity index is 2350. The molecule has 0 aliphatic heterocycles. The van der Waals surface area contributed by atoms with E-state index in [0.29, 0.717) is 22.0 Å². The van der Waals surface area contributed by atoms with Crippen molar-refractivity contribution < 1.29 is 19.7 Å². The Balaban J connectivity index is 1.02. The number of methoxy groups -OCH3 is 1. The standard InChI is InChI=1S/C42H43N5O4S/c1-25-31(17-43-47(25)24-41-19-39(2)18-40(3,20-41)22-42(21-39,23-41)51-4)28-14-15-32(44-35(28)37(49)50)27-13-12-26-8-7-9-29(30(26)16-27)36(48)46-38-45-33-10-5-6-11-34(33)52-38/h5-17,36,48H,18-24H2,1-4H3,(H,45,46)(H,49,50). The molecule has 0 saturated heterocycles. The number of benzene rings is 3. The largest absolute Gasteiger partial charge is 0.476 e. The first kappa shape index (κ1) is 33.2. The number of anilines is 1. The molecule has 0 spiro atoms. The van der Waals surface area contributed by atoms with Crippen molar-refractivity contribution in [3.05, 3.63) is 95.9 Å². The summed E-state index contributed by atoms with van der Waals surface area (Å²) in [5.41, 5.74) is 5.65. The maximum absolute atomic E-state index is 12.8. The van der Waals surface area contributed by atoms with Gasteiger partial charge >= 0.3 is 5.97 Å². The van der Waals surface area contributed by atoms with Gasteiger partial charge in [0.15, 0.2) is 17.1 Å². The molecule has 6 aromatic rings. The van der Waals surface area contributed by atoms with Crippen LogP contribution in [0.3, 0.4) is 0 Å². The van der Waals surface area contributed by atoms with Gasteiger partial charge < -0.3 is 20.3 Å². The summed E-state index contributed by atoms with van der Waals surface area (Å²) in [4.78, 5) is 22.1. The molecule has 4 bridgehead atoms. The third-order valence-corrected chi connectivity index (χ3v) is 13.1. The van der Waals surface area contributed by atoms with Crippen LogP contribution in [0.4, 0.5) is 5.13 Å². The van der Waals surface area contributed by atoms with E-state index in [1.165, 1.54) is 17.8 Å². The summed E-state index contributed by atoms with van der Waals surface area (Å²) in [5, 5.41) is 32.2. The van der Waals surface area contributed by atoms with E-state index < -0.39 is 12.2 Å². The van der Waals surface area contributed by atoms with Crippen LogP contribution in [0.25, 0.3) is 43.4 Å². The molecule has 4 aliphatic carbocycles. The molecule has 3 unspecified atom stereocenters. The number of aliphatic hydroxyl groups is 1. The molecule has 266 valence electrons. The van der Waals surface area contributed by atoms with E-state index >= 15 is 0 Å². The van der Waals surface area contributed by atoms with Gasteiger partial charge in [0.1, 0.15) is 0 Å². The number of carbonyl (C=O) groups is 1. The molecule has 0 amide bonds. The third kappa shape index (κ3) is 5.50. The lowest BCUT2D eigenvalue weighted by Gasteiger charge is -2.69. The average Bonchev–Trinajstić information content (AvgIpc) is 3.67. The van der Waals surface area contributed by atoms with E-state index in [2.05, 4.69) is 28.8 Å². The molecule has 4 fully saturated rings. The van der Waals surface area contributed by atoms with E-state index in [-0.39, 0.29) is 27.5 Å². The lowest BCUT2D eigenvalue weighted by Crippen LogP contribution is -2.64. The maximum atomic E-state index is 12.8. The van der Waals surface area contributed by atoms with Crippen LogP contribution in [0.1, 0.15) is 80.3 Å². The van der Waals surface area contributed by atoms with Gasteiger partial charge in [-0.25, -0.2) is 14.8 Å². The summed E-state index contributed by atoms with van der Waals surface area (Å²) in [6.45, 7) is 7.72. The fourth-order valence-corrected chi connectivity index (χ4v) is 12.1. The predicted molar refractivity (Wildman–Crippen MR) is 204 cm³/mol. The van der Waals surface area contributed by atoms with Crippen LogP contribution in [0.5, 0.6) is 0 Å². The number of aromatic carboxylic acids is 1. The fourth-order valence-electron chi connectivity index (χ4n) is 11.2. The number of thiazole rings is 1. The minimum atomic E-state index is -1.09. The Hall–Kier alpha value is -4.64. The van der Waals surface area contributed by atoms with Crippen molar-refractivity contribution in [3.63, 3.8) is 0 Å². The Labute approximate surface area is 306 Å². The topological polar surface area (TPSA) is 122 Å². The molecule has 3 aromatic carbocycles. The second-order valence-electron chi connectivity index (χ2n) is 16.6. The van der Waals surface area contributed by atoms with Crippen LogP contribution in [0.2, 0.25) is 0 Å². The summed E-state index contributed by atoms with van der Waals surface area (Å²) in [5.74, 6) is -1.09. The quantitative estimate of drug-likeness (QED) is 0.127. The molecule has 3 heterocycles. The Morgan fingerprint density at radius 1 is 0.942 bits per heavy atom. The first-order valence-electron chi connectivity index (χ1n) is 18.0. The second kappa shape index (κ2) is 11.7. The number of para-hydroxylation sites is 1. The van der Waals surface area contributed by atoms with E-state index in [1.807, 2.05) is 86.8 Å². The summed E-state index contributed by atoms with van der Waals surface area (Å²) in [6.07, 6.45) is 7.65. The Kier molecular flexibility index (Phi) is 7.46. The van der Waals surface area contributed by atoms with Gasteiger partial charge in [0.2, 0.25) is 0 Å². The van der Waals surface area contributed by atoms with Crippen molar-refractivity contribution in [3.8, 4) is 22.4 Å². The molecule has 4 aliphatic rings. The van der Waals surface area contributed by atoms with Crippen LogP contribution in [-0.2, 0) is 11.3 Å². The van der Waals surface area contributed by atoms with E-state index in [1.54, 1.807) is 6.20 Å². The monoisotopic (exact) mass is 713 g/mol. The highest BCUT2D eigenvalue weighted by Crippen LogP contribution is 2.72. The molecule has 10 rings (SSSR count). The smallest absolute Gasteiger partial charge is 0.355 e. The summed E-state index contributed by atoms with van der Waals surface area (Å²) in [6, 6.07) is 23.3. The molecule has 52 heavy (non-hydrogen) atoms. The van der Waals surface area contributed by atoms with Crippen LogP contribution in [0.15, 0.2) is 79.0 Å². The molecule has 0 radical (unpaired) electrons. The zero-order chi connectivity index (χ0) is 36.0. The average molecular weight is 714 g/mol. The van der Waals surface area contributed by atoms with Crippen LogP contribution in [0, 0.1) is 23.2 Å². The van der Waals surface area contributed by atoms with Crippen molar-refractivity contribution in [1.29, 1.82) is 0 Å². The van der Waals surface area contributed by atoms with Gasteiger partial charge in [-0.15, -0.1) is 0 Å². The van der Waals surface area contributed by atoms with Gasteiger partial charge in [-0.1, -0.05) is 67.6 Å². The molecule has 9 nitrogen and oxygen atoms in total. The van der Waals surface area contributed by atoms with Crippen molar-refractivity contribution in [2.75, 3.05) is 12.4 Å². The number of carboxylic acid groups (broad SMARTS) is 1. The molecular formula is C42H43N5O4S. The number of hydrogen-bond donors (Lipinski definition) is 3. The summed E-state index contributed by atoms with van der Waals surface area (Å²) < 4.78 is 9.42. The zero-order valence-electron chi connectivity index (χ0n) is 29.9. The minimum absolute atomic E-state index is 0.0146. The Morgan fingerprint density at radius 2 is 1.73 bits per heavy atom. The molecule has 3 aromatic heterocycles. The van der Waals surface area contributed by atoms with Gasteiger partial charge in [0, 0.05) is 41.6 Å².